The molecule has 1 heteroatoms. The minimum absolute atomic E-state index is 0.987. The molecule has 0 saturated carbocycles. The summed E-state index contributed by atoms with van der Waals surface area (Å²) in [5.74, 6) is 2.15. The highest BCUT2D eigenvalue weighted by Gasteiger charge is 1.99. The Labute approximate surface area is 108 Å². The molecule has 100 valence electrons. The normalized spacial score (nSPS) is 10.2. The zero-order valence-corrected chi connectivity index (χ0v) is 11.9. The van der Waals surface area contributed by atoms with E-state index in [4.69, 9.17) is 0 Å². The van der Waals surface area contributed by atoms with Crippen LogP contribution in [0.1, 0.15) is 90.9 Å². The maximum Gasteiger partial charge on any atom is 0.123 e. The Bertz CT molecular complexity index is 186. The summed E-state index contributed by atoms with van der Waals surface area (Å²) in [5, 5.41) is 0. The van der Waals surface area contributed by atoms with Gasteiger partial charge in [-0.15, -0.1) is 0 Å². The smallest absolute Gasteiger partial charge is 0.123 e. The van der Waals surface area contributed by atoms with Crippen LogP contribution in [-0.2, 0) is 4.79 Å². The second-order valence-electron chi connectivity index (χ2n) is 5.03. The Kier molecular flexibility index (Phi) is 13.1. The van der Waals surface area contributed by atoms with Crippen LogP contribution in [0.2, 0.25) is 0 Å². The summed E-state index contributed by atoms with van der Waals surface area (Å²) in [6.45, 7) is 4.46. The highest BCUT2D eigenvalue weighted by Crippen LogP contribution is 2.15. The third-order valence-electron chi connectivity index (χ3n) is 3.31. The summed E-state index contributed by atoms with van der Waals surface area (Å²) in [6, 6.07) is 0. The van der Waals surface area contributed by atoms with Crippen LogP contribution in [0, 0.1) is 0 Å². The van der Waals surface area contributed by atoms with Crippen molar-refractivity contribution in [2.24, 2.45) is 0 Å². The van der Waals surface area contributed by atoms with Gasteiger partial charge < -0.3 is 0 Å². The van der Waals surface area contributed by atoms with Crippen molar-refractivity contribution in [1.82, 2.24) is 0 Å². The number of hydrogen-bond donors (Lipinski definition) is 0. The topological polar surface area (TPSA) is 17.1 Å². The Hall–Kier alpha value is -0.550. The van der Waals surface area contributed by atoms with Crippen LogP contribution >= 0.6 is 0 Å². The van der Waals surface area contributed by atoms with E-state index < -0.39 is 0 Å². The molecule has 0 aliphatic rings. The largest absolute Gasteiger partial charge is 0.234 e. The van der Waals surface area contributed by atoms with E-state index in [2.05, 4.69) is 19.8 Å². The third-order valence-corrected chi connectivity index (χ3v) is 3.31. The quantitative estimate of drug-likeness (QED) is 0.326. The van der Waals surface area contributed by atoms with E-state index in [9.17, 15) is 4.79 Å². The van der Waals surface area contributed by atoms with E-state index in [1.165, 1.54) is 64.2 Å². The van der Waals surface area contributed by atoms with Crippen molar-refractivity contribution in [3.05, 3.63) is 5.57 Å². The molecular formula is C16H30O. The Morgan fingerprint density at radius 1 is 0.706 bits per heavy atom. The van der Waals surface area contributed by atoms with E-state index in [0.29, 0.717) is 0 Å². The zero-order chi connectivity index (χ0) is 12.8. The van der Waals surface area contributed by atoms with Gasteiger partial charge in [-0.2, -0.15) is 0 Å². The van der Waals surface area contributed by atoms with Crippen LogP contribution in [0.25, 0.3) is 0 Å². The van der Waals surface area contributed by atoms with Crippen LogP contribution in [0.4, 0.5) is 0 Å². The molecule has 0 aromatic rings. The number of allylic oxidation sites excluding steroid dienone is 1. The fraction of sp³-hybridized carbons (Fsp3) is 0.875. The van der Waals surface area contributed by atoms with Crippen LogP contribution in [0.5, 0.6) is 0 Å². The lowest BCUT2D eigenvalue weighted by Gasteiger charge is -2.03. The molecular weight excluding hydrogens is 208 g/mol. The van der Waals surface area contributed by atoms with Crippen LogP contribution < -0.4 is 0 Å². The van der Waals surface area contributed by atoms with Crippen LogP contribution in [0.3, 0.4) is 0 Å². The summed E-state index contributed by atoms with van der Waals surface area (Å²) in [4.78, 5) is 10.8. The molecule has 0 unspecified atom stereocenters. The lowest BCUT2D eigenvalue weighted by molar-refractivity contribution is 0.558. The third kappa shape index (κ3) is 11.7. The molecule has 0 rings (SSSR count). The van der Waals surface area contributed by atoms with Crippen molar-refractivity contribution < 1.29 is 4.79 Å². The molecule has 0 N–H and O–H groups in total. The van der Waals surface area contributed by atoms with Gasteiger partial charge in [0, 0.05) is 5.57 Å². The first kappa shape index (κ1) is 16.4. The zero-order valence-electron chi connectivity index (χ0n) is 11.9. The summed E-state index contributed by atoms with van der Waals surface area (Å²) < 4.78 is 0. The molecule has 0 spiro atoms. The summed E-state index contributed by atoms with van der Waals surface area (Å²) in [5.41, 5.74) is 1.03. The van der Waals surface area contributed by atoms with E-state index in [-0.39, 0.29) is 0 Å². The molecule has 0 amide bonds. The summed E-state index contributed by atoms with van der Waals surface area (Å²) >= 11 is 0. The molecule has 0 saturated heterocycles. The number of unbranched alkanes of at least 4 members (excludes halogenated alkanes) is 8. The predicted octanol–water partition coefficient (Wildman–Crippen LogP) is 5.47. The van der Waals surface area contributed by atoms with Gasteiger partial charge in [-0.25, -0.2) is 4.79 Å². The SMILES string of the molecule is CCCCCCCC(=C=O)CCCCCCC. The fourth-order valence-corrected chi connectivity index (χ4v) is 2.11. The second-order valence-corrected chi connectivity index (χ2v) is 5.03. The lowest BCUT2D eigenvalue weighted by Crippen LogP contribution is -1.88. The summed E-state index contributed by atoms with van der Waals surface area (Å²) in [7, 11) is 0. The maximum atomic E-state index is 10.8. The van der Waals surface area contributed by atoms with Crippen molar-refractivity contribution >= 4 is 5.94 Å². The van der Waals surface area contributed by atoms with Gasteiger partial charge in [0.25, 0.3) is 0 Å². The molecule has 17 heavy (non-hydrogen) atoms. The number of carbonyl (C=O) groups excluding carboxylic acids is 1. The molecule has 0 bridgehead atoms. The number of hydrogen-bond acceptors (Lipinski definition) is 1. The second kappa shape index (κ2) is 13.5. The maximum absolute atomic E-state index is 10.8. The lowest BCUT2D eigenvalue weighted by atomic mass is 10.0. The van der Waals surface area contributed by atoms with Crippen molar-refractivity contribution in [1.29, 1.82) is 0 Å². The molecule has 0 aliphatic heterocycles. The molecule has 1 nitrogen and oxygen atoms in total. The fourth-order valence-electron chi connectivity index (χ4n) is 2.11. The van der Waals surface area contributed by atoms with Crippen LogP contribution in [-0.4, -0.2) is 5.94 Å². The standard InChI is InChI=1S/C16H30O/c1-3-5-7-9-11-13-16(15-17)14-12-10-8-6-4-2/h3-14H2,1-2H3. The van der Waals surface area contributed by atoms with Crippen molar-refractivity contribution in [3.8, 4) is 0 Å². The van der Waals surface area contributed by atoms with Gasteiger partial charge >= 0.3 is 0 Å². The first-order valence-electron chi connectivity index (χ1n) is 7.58. The number of rotatable bonds is 12. The molecule has 0 atom stereocenters. The monoisotopic (exact) mass is 238 g/mol. The van der Waals surface area contributed by atoms with E-state index in [1.54, 1.807) is 0 Å². The van der Waals surface area contributed by atoms with Crippen molar-refractivity contribution in [3.63, 3.8) is 0 Å². The molecule has 0 radical (unpaired) electrons. The minimum Gasteiger partial charge on any atom is -0.234 e. The summed E-state index contributed by atoms with van der Waals surface area (Å²) in [6.07, 6.45) is 14.7. The van der Waals surface area contributed by atoms with Crippen molar-refractivity contribution in [2.75, 3.05) is 0 Å². The van der Waals surface area contributed by atoms with E-state index >= 15 is 0 Å². The van der Waals surface area contributed by atoms with Crippen molar-refractivity contribution in [2.45, 2.75) is 90.9 Å². The van der Waals surface area contributed by atoms with Gasteiger partial charge in [0.05, 0.1) is 0 Å². The Morgan fingerprint density at radius 2 is 1.12 bits per heavy atom. The molecule has 0 aromatic heterocycles. The van der Waals surface area contributed by atoms with E-state index in [0.717, 1.165) is 18.4 Å². The van der Waals surface area contributed by atoms with Gasteiger partial charge in [0.1, 0.15) is 5.94 Å². The highest BCUT2D eigenvalue weighted by molar-refractivity contribution is 5.52. The molecule has 0 heterocycles. The van der Waals surface area contributed by atoms with Gasteiger partial charge in [-0.3, -0.25) is 0 Å². The highest BCUT2D eigenvalue weighted by atomic mass is 16.1. The molecule has 0 aliphatic carbocycles. The van der Waals surface area contributed by atoms with Gasteiger partial charge in [0.2, 0.25) is 0 Å². The predicted molar refractivity (Wildman–Crippen MR) is 76.0 cm³/mol. The first-order chi connectivity index (χ1) is 8.35. The van der Waals surface area contributed by atoms with Crippen LogP contribution in [0.15, 0.2) is 5.57 Å². The van der Waals surface area contributed by atoms with Gasteiger partial charge in [0.15, 0.2) is 0 Å². The molecule has 0 fully saturated rings. The average Bonchev–Trinajstić information content (AvgIpc) is 2.36. The van der Waals surface area contributed by atoms with E-state index in [1.807, 2.05) is 0 Å². The minimum atomic E-state index is 0.987. The average molecular weight is 238 g/mol. The van der Waals surface area contributed by atoms with Gasteiger partial charge in [-0.1, -0.05) is 65.2 Å². The Morgan fingerprint density at radius 3 is 1.47 bits per heavy atom. The molecule has 0 aromatic carbocycles. The Balaban J connectivity index is 3.41. The first-order valence-corrected chi connectivity index (χ1v) is 7.58. The van der Waals surface area contributed by atoms with Gasteiger partial charge in [-0.05, 0) is 25.7 Å².